The van der Waals surface area contributed by atoms with Crippen molar-refractivity contribution >= 4 is 21.6 Å². The van der Waals surface area contributed by atoms with Crippen molar-refractivity contribution in [1.29, 1.82) is 0 Å². The van der Waals surface area contributed by atoms with Crippen LogP contribution in [0.5, 0.6) is 0 Å². The van der Waals surface area contributed by atoms with Crippen LogP contribution in [0.25, 0.3) is 0 Å². The molecule has 1 aliphatic rings. The monoisotopic (exact) mass is 448 g/mol. The second-order valence-corrected chi connectivity index (χ2v) is 10.3. The fraction of sp³-hybridized carbons (Fsp3) is 0.269. The van der Waals surface area contributed by atoms with E-state index in [1.807, 2.05) is 61.5 Å². The van der Waals surface area contributed by atoms with Crippen LogP contribution in [-0.4, -0.2) is 20.9 Å². The highest BCUT2D eigenvalue weighted by Crippen LogP contribution is 2.31. The molecule has 1 heterocycles. The third-order valence-electron chi connectivity index (χ3n) is 5.99. The lowest BCUT2D eigenvalue weighted by atomic mass is 10.0. The molecule has 1 aliphatic heterocycles. The van der Waals surface area contributed by atoms with Gasteiger partial charge >= 0.3 is 0 Å². The summed E-state index contributed by atoms with van der Waals surface area (Å²) >= 11 is 0. The summed E-state index contributed by atoms with van der Waals surface area (Å²) in [5.41, 5.74) is 5.50. The topological polar surface area (TPSA) is 66.5 Å². The number of hydrogen-bond donors (Lipinski definition) is 1. The van der Waals surface area contributed by atoms with Gasteiger partial charge in [-0.2, -0.15) is 0 Å². The first-order valence-electron chi connectivity index (χ1n) is 10.8. The Labute approximate surface area is 190 Å². The van der Waals surface area contributed by atoms with Crippen molar-refractivity contribution in [2.75, 3.05) is 11.4 Å². The molecule has 0 bridgehead atoms. The van der Waals surface area contributed by atoms with Crippen molar-refractivity contribution in [1.82, 2.24) is 4.72 Å². The van der Waals surface area contributed by atoms with E-state index in [0.717, 1.165) is 34.4 Å². The SMILES string of the molecule is Cc1ccccc1C(=O)N1CCc2ccc(CNS(=O)(=O)c3ccc(C(C)C)cc3)cc21. The molecular weight excluding hydrogens is 420 g/mol. The number of carbonyl (C=O) groups excluding carboxylic acids is 1. The van der Waals surface area contributed by atoms with Gasteiger partial charge < -0.3 is 4.90 Å². The van der Waals surface area contributed by atoms with Crippen LogP contribution in [-0.2, 0) is 23.0 Å². The van der Waals surface area contributed by atoms with Crippen molar-refractivity contribution in [3.8, 4) is 0 Å². The molecule has 0 aliphatic carbocycles. The summed E-state index contributed by atoms with van der Waals surface area (Å²) in [6.07, 6.45) is 0.793. The normalized spacial score (nSPS) is 13.4. The molecule has 0 saturated carbocycles. The first-order valence-corrected chi connectivity index (χ1v) is 12.3. The van der Waals surface area contributed by atoms with E-state index in [1.165, 1.54) is 0 Å². The Balaban J connectivity index is 1.51. The van der Waals surface area contributed by atoms with Crippen LogP contribution in [0.1, 0.15) is 52.4 Å². The van der Waals surface area contributed by atoms with Gasteiger partial charge in [-0.1, -0.05) is 56.3 Å². The minimum atomic E-state index is -3.62. The van der Waals surface area contributed by atoms with Crippen molar-refractivity contribution in [2.45, 2.75) is 44.6 Å². The van der Waals surface area contributed by atoms with Gasteiger partial charge in [0.05, 0.1) is 4.90 Å². The molecule has 1 amide bonds. The molecule has 0 atom stereocenters. The van der Waals surface area contributed by atoms with Gasteiger partial charge in [-0.25, -0.2) is 13.1 Å². The predicted octanol–water partition coefficient (Wildman–Crippen LogP) is 4.80. The molecule has 1 N–H and O–H groups in total. The number of sulfonamides is 1. The van der Waals surface area contributed by atoms with Crippen molar-refractivity contribution in [2.24, 2.45) is 0 Å². The van der Waals surface area contributed by atoms with Gasteiger partial charge in [0, 0.05) is 24.3 Å². The van der Waals surface area contributed by atoms with E-state index < -0.39 is 10.0 Å². The average molecular weight is 449 g/mol. The van der Waals surface area contributed by atoms with Crippen LogP contribution in [0.15, 0.2) is 71.6 Å². The molecule has 6 heteroatoms. The van der Waals surface area contributed by atoms with Crippen LogP contribution in [0.4, 0.5) is 5.69 Å². The lowest BCUT2D eigenvalue weighted by Gasteiger charge is -2.19. The van der Waals surface area contributed by atoms with Gasteiger partial charge in [0.1, 0.15) is 0 Å². The molecular formula is C26H28N2O3S. The molecule has 0 fully saturated rings. The zero-order valence-electron chi connectivity index (χ0n) is 18.6. The molecule has 4 rings (SSSR count). The summed E-state index contributed by atoms with van der Waals surface area (Å²) in [6.45, 7) is 6.86. The molecule has 0 aromatic heterocycles. The Hall–Kier alpha value is -2.96. The Bertz CT molecular complexity index is 1250. The Kier molecular flexibility index (Phi) is 6.17. The predicted molar refractivity (Wildman–Crippen MR) is 128 cm³/mol. The number of hydrogen-bond acceptors (Lipinski definition) is 3. The van der Waals surface area contributed by atoms with E-state index in [9.17, 15) is 13.2 Å². The van der Waals surface area contributed by atoms with Crippen LogP contribution < -0.4 is 9.62 Å². The zero-order valence-corrected chi connectivity index (χ0v) is 19.4. The smallest absolute Gasteiger partial charge is 0.258 e. The Morgan fingerprint density at radius 2 is 1.75 bits per heavy atom. The number of rotatable bonds is 6. The van der Waals surface area contributed by atoms with E-state index >= 15 is 0 Å². The van der Waals surface area contributed by atoms with E-state index in [0.29, 0.717) is 18.0 Å². The number of nitrogens with one attached hydrogen (secondary N) is 1. The van der Waals surface area contributed by atoms with E-state index in [2.05, 4.69) is 18.6 Å². The number of anilines is 1. The summed E-state index contributed by atoms with van der Waals surface area (Å²) in [6, 6.07) is 20.4. The lowest BCUT2D eigenvalue weighted by molar-refractivity contribution is 0.0989. The molecule has 0 unspecified atom stereocenters. The molecule has 5 nitrogen and oxygen atoms in total. The minimum Gasteiger partial charge on any atom is -0.308 e. The Morgan fingerprint density at radius 3 is 2.44 bits per heavy atom. The number of nitrogens with zero attached hydrogens (tertiary/aromatic N) is 1. The average Bonchev–Trinajstić information content (AvgIpc) is 3.21. The lowest BCUT2D eigenvalue weighted by Crippen LogP contribution is -2.29. The summed E-state index contributed by atoms with van der Waals surface area (Å²) in [7, 11) is -3.62. The second-order valence-electron chi connectivity index (χ2n) is 8.53. The fourth-order valence-corrected chi connectivity index (χ4v) is 5.02. The molecule has 3 aromatic rings. The van der Waals surface area contributed by atoms with Crippen LogP contribution >= 0.6 is 0 Å². The quantitative estimate of drug-likeness (QED) is 0.589. The van der Waals surface area contributed by atoms with Gasteiger partial charge in [0.25, 0.3) is 5.91 Å². The zero-order chi connectivity index (χ0) is 22.9. The largest absolute Gasteiger partial charge is 0.308 e. The molecule has 3 aromatic carbocycles. The summed E-state index contributed by atoms with van der Waals surface area (Å²) in [4.78, 5) is 15.2. The molecule has 166 valence electrons. The third-order valence-corrected chi connectivity index (χ3v) is 7.41. The van der Waals surface area contributed by atoms with Crippen molar-refractivity contribution < 1.29 is 13.2 Å². The van der Waals surface area contributed by atoms with Gasteiger partial charge in [0.2, 0.25) is 10.0 Å². The summed E-state index contributed by atoms with van der Waals surface area (Å²) in [5.74, 6) is 0.321. The van der Waals surface area contributed by atoms with E-state index in [1.54, 1.807) is 17.0 Å². The number of fused-ring (bicyclic) bond motifs is 1. The van der Waals surface area contributed by atoms with Crippen LogP contribution in [0.2, 0.25) is 0 Å². The van der Waals surface area contributed by atoms with Gasteiger partial charge in [-0.3, -0.25) is 4.79 Å². The summed E-state index contributed by atoms with van der Waals surface area (Å²) in [5, 5.41) is 0. The molecule has 32 heavy (non-hydrogen) atoms. The molecule has 0 spiro atoms. The standard InChI is InChI=1S/C26H28N2O3S/c1-18(2)21-10-12-23(13-11-21)32(30,31)27-17-20-8-9-22-14-15-28(25(22)16-20)26(29)24-7-5-4-6-19(24)3/h4-13,16,18,27H,14-15,17H2,1-3H3. The van der Waals surface area contributed by atoms with E-state index in [4.69, 9.17) is 0 Å². The number of amides is 1. The highest BCUT2D eigenvalue weighted by Gasteiger charge is 2.26. The number of benzene rings is 3. The Morgan fingerprint density at radius 1 is 1.03 bits per heavy atom. The third kappa shape index (κ3) is 4.47. The van der Waals surface area contributed by atoms with Gasteiger partial charge in [-0.05, 0) is 65.8 Å². The number of carbonyl (C=O) groups is 1. The maximum Gasteiger partial charge on any atom is 0.258 e. The summed E-state index contributed by atoms with van der Waals surface area (Å²) < 4.78 is 28.2. The molecule has 0 radical (unpaired) electrons. The van der Waals surface area contributed by atoms with E-state index in [-0.39, 0.29) is 17.3 Å². The first-order chi connectivity index (χ1) is 15.3. The van der Waals surface area contributed by atoms with Crippen molar-refractivity contribution in [3.63, 3.8) is 0 Å². The van der Waals surface area contributed by atoms with Crippen LogP contribution in [0, 0.1) is 6.92 Å². The fourth-order valence-electron chi connectivity index (χ4n) is 4.00. The highest BCUT2D eigenvalue weighted by atomic mass is 32.2. The van der Waals surface area contributed by atoms with Crippen LogP contribution in [0.3, 0.4) is 0 Å². The van der Waals surface area contributed by atoms with Gasteiger partial charge in [-0.15, -0.1) is 0 Å². The minimum absolute atomic E-state index is 0.0233. The maximum absolute atomic E-state index is 13.1. The second kappa shape index (κ2) is 8.88. The number of aryl methyl sites for hydroxylation is 1. The van der Waals surface area contributed by atoms with Gasteiger partial charge in [0.15, 0.2) is 0 Å². The van der Waals surface area contributed by atoms with Crippen molar-refractivity contribution in [3.05, 3.63) is 94.5 Å². The first kappa shape index (κ1) is 22.2. The highest BCUT2D eigenvalue weighted by molar-refractivity contribution is 7.89. The molecule has 0 saturated heterocycles. The maximum atomic E-state index is 13.1.